The molecule has 1 heterocycles. The molecule has 1 aliphatic heterocycles. The summed E-state index contributed by atoms with van der Waals surface area (Å²) in [6.07, 6.45) is 0. The monoisotopic (exact) mass is 540 g/mol. The van der Waals surface area contributed by atoms with Gasteiger partial charge in [0.25, 0.3) is 0 Å². The van der Waals surface area contributed by atoms with Gasteiger partial charge in [0.2, 0.25) is 0 Å². The van der Waals surface area contributed by atoms with Crippen LogP contribution in [0.25, 0.3) is 0 Å². The first-order chi connectivity index (χ1) is 14.7. The van der Waals surface area contributed by atoms with Gasteiger partial charge in [-0.15, -0.1) is 24.0 Å². The van der Waals surface area contributed by atoms with E-state index in [0.717, 1.165) is 50.1 Å². The highest BCUT2D eigenvalue weighted by atomic mass is 127. The summed E-state index contributed by atoms with van der Waals surface area (Å²) < 4.78 is 16.2. The number of anilines is 1. The molecule has 8 heteroatoms. The Morgan fingerprint density at radius 1 is 1.03 bits per heavy atom. The van der Waals surface area contributed by atoms with E-state index >= 15 is 0 Å². The number of morpholine rings is 1. The largest absolute Gasteiger partial charge is 0.493 e. The van der Waals surface area contributed by atoms with E-state index in [1.165, 1.54) is 11.3 Å². The van der Waals surface area contributed by atoms with Crippen molar-refractivity contribution in [2.45, 2.75) is 20.0 Å². The van der Waals surface area contributed by atoms with E-state index in [9.17, 15) is 0 Å². The van der Waals surface area contributed by atoms with Gasteiger partial charge in [-0.05, 0) is 36.2 Å². The molecule has 0 unspecified atom stereocenters. The molecule has 1 fully saturated rings. The molecule has 31 heavy (non-hydrogen) atoms. The first kappa shape index (κ1) is 25.1. The smallest absolute Gasteiger partial charge is 0.191 e. The second-order valence-corrected chi connectivity index (χ2v) is 6.97. The zero-order valence-corrected chi connectivity index (χ0v) is 20.8. The van der Waals surface area contributed by atoms with Crippen LogP contribution in [0.2, 0.25) is 0 Å². The molecule has 2 aromatic rings. The van der Waals surface area contributed by atoms with Gasteiger partial charge in [0, 0.05) is 31.9 Å². The van der Waals surface area contributed by atoms with Crippen LogP contribution in [0.1, 0.15) is 18.1 Å². The van der Waals surface area contributed by atoms with Gasteiger partial charge in [0.15, 0.2) is 17.5 Å². The second-order valence-electron chi connectivity index (χ2n) is 6.97. The van der Waals surface area contributed by atoms with E-state index < -0.39 is 0 Å². The predicted molar refractivity (Wildman–Crippen MR) is 136 cm³/mol. The van der Waals surface area contributed by atoms with Gasteiger partial charge in [0.1, 0.15) is 0 Å². The molecule has 0 bridgehead atoms. The predicted octanol–water partition coefficient (Wildman–Crippen LogP) is 3.41. The van der Waals surface area contributed by atoms with Crippen LogP contribution >= 0.6 is 24.0 Å². The molecular weight excluding hydrogens is 507 g/mol. The third-order valence-electron chi connectivity index (χ3n) is 5.00. The Labute approximate surface area is 202 Å². The number of para-hydroxylation sites is 1. The van der Waals surface area contributed by atoms with E-state index in [1.807, 2.05) is 18.2 Å². The summed E-state index contributed by atoms with van der Waals surface area (Å²) in [6.45, 7) is 7.49. The highest BCUT2D eigenvalue weighted by molar-refractivity contribution is 14.0. The molecule has 2 N–H and O–H groups in total. The number of guanidine groups is 1. The van der Waals surface area contributed by atoms with E-state index in [-0.39, 0.29) is 24.0 Å². The lowest BCUT2D eigenvalue weighted by Crippen LogP contribution is -2.39. The molecule has 7 nitrogen and oxygen atoms in total. The van der Waals surface area contributed by atoms with E-state index in [2.05, 4.69) is 46.7 Å². The quantitative estimate of drug-likeness (QED) is 0.304. The number of nitrogens with one attached hydrogen (secondary N) is 2. The van der Waals surface area contributed by atoms with Crippen LogP contribution in [0, 0.1) is 0 Å². The van der Waals surface area contributed by atoms with Crippen molar-refractivity contribution in [3.63, 3.8) is 0 Å². The number of nitrogens with zero attached hydrogens (tertiary/aromatic N) is 2. The van der Waals surface area contributed by atoms with Crippen molar-refractivity contribution in [3.05, 3.63) is 53.6 Å². The lowest BCUT2D eigenvalue weighted by Gasteiger charge is -2.30. The Hall–Kier alpha value is -2.20. The maximum atomic E-state index is 5.49. The fraction of sp³-hybridized carbons (Fsp3) is 0.435. The summed E-state index contributed by atoms with van der Waals surface area (Å²) in [5.74, 6) is 2.21. The Morgan fingerprint density at radius 2 is 1.77 bits per heavy atom. The molecular formula is C23H33IN4O3. The minimum absolute atomic E-state index is 0. The molecule has 1 saturated heterocycles. The van der Waals surface area contributed by atoms with Gasteiger partial charge >= 0.3 is 0 Å². The van der Waals surface area contributed by atoms with Crippen LogP contribution in [0.4, 0.5) is 5.69 Å². The van der Waals surface area contributed by atoms with Gasteiger partial charge in [-0.1, -0.05) is 24.3 Å². The number of rotatable bonds is 8. The molecule has 0 aromatic heterocycles. The van der Waals surface area contributed by atoms with Crippen molar-refractivity contribution in [2.75, 3.05) is 52.0 Å². The van der Waals surface area contributed by atoms with Crippen LogP contribution in [-0.4, -0.2) is 53.0 Å². The number of ether oxygens (including phenoxy) is 3. The maximum absolute atomic E-state index is 5.49. The first-order valence-corrected chi connectivity index (χ1v) is 10.4. The molecule has 0 spiro atoms. The summed E-state index contributed by atoms with van der Waals surface area (Å²) in [5, 5.41) is 6.79. The van der Waals surface area contributed by atoms with Crippen LogP contribution < -0.4 is 25.0 Å². The molecule has 0 saturated carbocycles. The third kappa shape index (κ3) is 7.17. The van der Waals surface area contributed by atoms with Crippen LogP contribution in [-0.2, 0) is 17.8 Å². The SMILES string of the molecule is CCNC(=NCc1ccc(OC)c(OC)c1)NCc1ccccc1N1CCOCC1.I. The number of hydrogen-bond acceptors (Lipinski definition) is 5. The summed E-state index contributed by atoms with van der Waals surface area (Å²) in [4.78, 5) is 7.12. The molecule has 0 amide bonds. The first-order valence-electron chi connectivity index (χ1n) is 10.4. The maximum Gasteiger partial charge on any atom is 0.191 e. The molecule has 0 aliphatic carbocycles. The number of halogens is 1. The molecule has 3 rings (SSSR count). The summed E-state index contributed by atoms with van der Waals surface area (Å²) in [5.41, 5.74) is 3.55. The van der Waals surface area contributed by atoms with Crippen molar-refractivity contribution >= 4 is 35.6 Å². The summed E-state index contributed by atoms with van der Waals surface area (Å²) in [6, 6.07) is 14.4. The molecule has 2 aromatic carbocycles. The minimum atomic E-state index is 0. The van der Waals surface area contributed by atoms with Crippen molar-refractivity contribution in [1.29, 1.82) is 0 Å². The summed E-state index contributed by atoms with van der Waals surface area (Å²) >= 11 is 0. The van der Waals surface area contributed by atoms with Gasteiger partial charge in [-0.3, -0.25) is 0 Å². The normalized spacial score (nSPS) is 13.9. The second kappa shape index (κ2) is 13.3. The van der Waals surface area contributed by atoms with Crippen molar-refractivity contribution < 1.29 is 14.2 Å². The lowest BCUT2D eigenvalue weighted by molar-refractivity contribution is 0.122. The molecule has 0 atom stereocenters. The van der Waals surface area contributed by atoms with Crippen molar-refractivity contribution in [2.24, 2.45) is 4.99 Å². The van der Waals surface area contributed by atoms with E-state index in [0.29, 0.717) is 18.8 Å². The highest BCUT2D eigenvalue weighted by Crippen LogP contribution is 2.27. The van der Waals surface area contributed by atoms with Gasteiger partial charge in [-0.2, -0.15) is 0 Å². The van der Waals surface area contributed by atoms with E-state index in [4.69, 9.17) is 19.2 Å². The standard InChI is InChI=1S/C23H32N4O3.HI/c1-4-24-23(25-16-18-9-10-21(28-2)22(15-18)29-3)26-17-19-7-5-6-8-20(19)27-11-13-30-14-12-27;/h5-10,15H,4,11-14,16-17H2,1-3H3,(H2,24,25,26);1H. The van der Waals surface area contributed by atoms with E-state index in [1.54, 1.807) is 14.2 Å². The van der Waals surface area contributed by atoms with Crippen LogP contribution in [0.15, 0.2) is 47.5 Å². The third-order valence-corrected chi connectivity index (χ3v) is 5.00. The fourth-order valence-corrected chi connectivity index (χ4v) is 3.44. The number of aliphatic imine (C=N–C) groups is 1. The zero-order valence-electron chi connectivity index (χ0n) is 18.5. The number of benzene rings is 2. The highest BCUT2D eigenvalue weighted by Gasteiger charge is 2.14. The van der Waals surface area contributed by atoms with Gasteiger partial charge in [0.05, 0.1) is 34.0 Å². The van der Waals surface area contributed by atoms with Crippen LogP contribution in [0.5, 0.6) is 11.5 Å². The molecule has 0 radical (unpaired) electrons. The van der Waals surface area contributed by atoms with Crippen molar-refractivity contribution in [1.82, 2.24) is 10.6 Å². The lowest BCUT2D eigenvalue weighted by atomic mass is 10.1. The Balaban J connectivity index is 0.00000341. The Bertz CT molecular complexity index is 841. The fourth-order valence-electron chi connectivity index (χ4n) is 3.44. The molecule has 170 valence electrons. The average Bonchev–Trinajstić information content (AvgIpc) is 2.81. The zero-order chi connectivity index (χ0) is 21.2. The average molecular weight is 540 g/mol. The number of hydrogen-bond donors (Lipinski definition) is 2. The Morgan fingerprint density at radius 3 is 2.48 bits per heavy atom. The van der Waals surface area contributed by atoms with Gasteiger partial charge in [-0.25, -0.2) is 4.99 Å². The molecule has 1 aliphatic rings. The van der Waals surface area contributed by atoms with Crippen LogP contribution in [0.3, 0.4) is 0 Å². The summed E-state index contributed by atoms with van der Waals surface area (Å²) in [7, 11) is 3.28. The Kier molecular flexibility index (Phi) is 10.7. The minimum Gasteiger partial charge on any atom is -0.493 e. The van der Waals surface area contributed by atoms with Gasteiger partial charge < -0.3 is 29.7 Å². The topological polar surface area (TPSA) is 67.4 Å². The van der Waals surface area contributed by atoms with Crippen molar-refractivity contribution in [3.8, 4) is 11.5 Å². The number of methoxy groups -OCH3 is 2.